The fourth-order valence-corrected chi connectivity index (χ4v) is 3.54. The predicted molar refractivity (Wildman–Crippen MR) is 106 cm³/mol. The summed E-state index contributed by atoms with van der Waals surface area (Å²) < 4.78 is 13.0. The van der Waals surface area contributed by atoms with Crippen LogP contribution in [0, 0.1) is 0 Å². The lowest BCUT2D eigenvalue weighted by atomic mass is 9.95. The van der Waals surface area contributed by atoms with Crippen LogP contribution in [0.5, 0.6) is 5.75 Å². The Hall–Kier alpha value is -2.48. The number of fused-ring (bicyclic) bond motifs is 1. The summed E-state index contributed by atoms with van der Waals surface area (Å²) in [5.74, 6) is 2.72. The van der Waals surface area contributed by atoms with Gasteiger partial charge in [0.2, 0.25) is 5.95 Å². The summed E-state index contributed by atoms with van der Waals surface area (Å²) in [6.07, 6.45) is 1.47. The third-order valence-corrected chi connectivity index (χ3v) is 5.06. The van der Waals surface area contributed by atoms with E-state index >= 15 is 0 Å². The number of para-hydroxylation sites is 1. The van der Waals surface area contributed by atoms with Crippen molar-refractivity contribution in [3.8, 4) is 5.75 Å². The Bertz CT molecular complexity index is 834. The molecule has 2 aromatic rings. The second-order valence-corrected chi connectivity index (χ2v) is 7.29. The number of hydrogen-bond donors (Lipinski definition) is 1. The molecule has 1 aromatic heterocycles. The molecule has 1 atom stereocenters. The Morgan fingerprint density at radius 2 is 2.15 bits per heavy atom. The number of esters is 1. The van der Waals surface area contributed by atoms with Crippen LogP contribution in [0.3, 0.4) is 0 Å². The van der Waals surface area contributed by atoms with Gasteiger partial charge >= 0.3 is 5.97 Å². The lowest BCUT2D eigenvalue weighted by molar-refractivity contribution is -0.138. The van der Waals surface area contributed by atoms with E-state index in [-0.39, 0.29) is 5.97 Å². The average Bonchev–Trinajstić information content (AvgIpc) is 3.13. The first kappa shape index (κ1) is 19.3. The maximum atomic E-state index is 12.9. The summed E-state index contributed by atoms with van der Waals surface area (Å²) in [4.78, 5) is 17.2. The molecule has 144 valence electrons. The van der Waals surface area contributed by atoms with Crippen LogP contribution in [0.4, 0.5) is 5.95 Å². The number of hydrogen-bond acceptors (Lipinski definition) is 7. The van der Waals surface area contributed by atoms with E-state index in [4.69, 9.17) is 9.47 Å². The molecule has 0 saturated carbocycles. The van der Waals surface area contributed by atoms with Crippen molar-refractivity contribution in [2.24, 2.45) is 0 Å². The highest BCUT2D eigenvalue weighted by molar-refractivity contribution is 7.99. The Kier molecular flexibility index (Phi) is 6.39. The Balaban J connectivity index is 1.99. The molecule has 0 bridgehead atoms. The molecule has 27 heavy (non-hydrogen) atoms. The van der Waals surface area contributed by atoms with E-state index in [1.807, 2.05) is 38.1 Å². The number of anilines is 1. The standard InChI is InChI=1S/C19H24N4O3S/c1-4-25-15-9-7-6-8-14(15)17-16(18(24)26-10-11-27-5-2)13(3)22-19-20-12-21-23(17)19/h6-9,12,17H,4-5,10-11H2,1-3H3,(H,20,21,22)/t17-/m1/s1. The van der Waals surface area contributed by atoms with Gasteiger partial charge in [-0.15, -0.1) is 0 Å². The largest absolute Gasteiger partial charge is 0.494 e. The van der Waals surface area contributed by atoms with E-state index in [1.54, 1.807) is 16.4 Å². The van der Waals surface area contributed by atoms with E-state index < -0.39 is 6.04 Å². The zero-order valence-corrected chi connectivity index (χ0v) is 16.6. The molecule has 1 N–H and O–H groups in total. The number of aromatic nitrogens is 3. The number of carbonyl (C=O) groups is 1. The first-order chi connectivity index (χ1) is 13.2. The Labute approximate surface area is 163 Å². The average molecular weight is 388 g/mol. The van der Waals surface area contributed by atoms with Crippen LogP contribution in [0.15, 0.2) is 41.9 Å². The maximum absolute atomic E-state index is 12.9. The van der Waals surface area contributed by atoms with Gasteiger partial charge in [0.05, 0.1) is 12.2 Å². The van der Waals surface area contributed by atoms with Crippen LogP contribution < -0.4 is 10.1 Å². The number of ether oxygens (including phenoxy) is 2. The summed E-state index contributed by atoms with van der Waals surface area (Å²) in [5, 5.41) is 7.48. The molecule has 7 nitrogen and oxygen atoms in total. The zero-order chi connectivity index (χ0) is 19.2. The monoisotopic (exact) mass is 388 g/mol. The van der Waals surface area contributed by atoms with Crippen molar-refractivity contribution in [2.45, 2.75) is 26.8 Å². The van der Waals surface area contributed by atoms with Gasteiger partial charge in [0.1, 0.15) is 24.7 Å². The minimum absolute atomic E-state index is 0.353. The molecule has 1 aliphatic heterocycles. The summed E-state index contributed by atoms with van der Waals surface area (Å²) in [5.41, 5.74) is 2.07. The van der Waals surface area contributed by atoms with Crippen LogP contribution in [0.25, 0.3) is 0 Å². The van der Waals surface area contributed by atoms with Gasteiger partial charge in [-0.3, -0.25) is 0 Å². The molecule has 2 heterocycles. The fourth-order valence-electron chi connectivity index (χ4n) is 3.05. The van der Waals surface area contributed by atoms with Crippen LogP contribution in [0.1, 0.15) is 32.4 Å². The summed E-state index contributed by atoms with van der Waals surface area (Å²) in [6.45, 7) is 6.77. The molecule has 0 saturated heterocycles. The molecule has 0 aliphatic carbocycles. The van der Waals surface area contributed by atoms with Gasteiger partial charge in [-0.05, 0) is 25.7 Å². The molecule has 8 heteroatoms. The highest BCUT2D eigenvalue weighted by Crippen LogP contribution is 2.39. The van der Waals surface area contributed by atoms with Crippen molar-refractivity contribution in [3.05, 3.63) is 47.4 Å². The number of allylic oxidation sites excluding steroid dienone is 1. The number of benzene rings is 1. The zero-order valence-electron chi connectivity index (χ0n) is 15.8. The Morgan fingerprint density at radius 3 is 2.93 bits per heavy atom. The van der Waals surface area contributed by atoms with Gasteiger partial charge in [0.25, 0.3) is 0 Å². The predicted octanol–water partition coefficient (Wildman–Crippen LogP) is 3.26. The number of nitrogens with zero attached hydrogens (tertiary/aromatic N) is 3. The summed E-state index contributed by atoms with van der Waals surface area (Å²) in [7, 11) is 0. The van der Waals surface area contributed by atoms with Crippen molar-refractivity contribution in [2.75, 3.05) is 30.0 Å². The molecule has 0 spiro atoms. The molecule has 0 radical (unpaired) electrons. The van der Waals surface area contributed by atoms with Crippen molar-refractivity contribution in [1.29, 1.82) is 0 Å². The van der Waals surface area contributed by atoms with Crippen LogP contribution in [0.2, 0.25) is 0 Å². The Morgan fingerprint density at radius 1 is 1.33 bits per heavy atom. The second-order valence-electron chi connectivity index (χ2n) is 5.90. The third kappa shape index (κ3) is 4.10. The van der Waals surface area contributed by atoms with Gasteiger partial charge in [0, 0.05) is 17.0 Å². The van der Waals surface area contributed by atoms with E-state index in [9.17, 15) is 4.79 Å². The molecule has 0 fully saturated rings. The molecule has 1 aromatic carbocycles. The van der Waals surface area contributed by atoms with E-state index in [0.717, 1.165) is 17.1 Å². The topological polar surface area (TPSA) is 78.3 Å². The number of rotatable bonds is 8. The number of nitrogens with one attached hydrogen (secondary N) is 1. The lowest BCUT2D eigenvalue weighted by Crippen LogP contribution is -2.30. The van der Waals surface area contributed by atoms with Crippen LogP contribution in [-0.2, 0) is 9.53 Å². The normalized spacial score (nSPS) is 15.9. The van der Waals surface area contributed by atoms with Gasteiger partial charge in [-0.1, -0.05) is 25.1 Å². The quantitative estimate of drug-likeness (QED) is 0.549. The number of thioether (sulfide) groups is 1. The van der Waals surface area contributed by atoms with Gasteiger partial charge in [-0.25, -0.2) is 9.48 Å². The van der Waals surface area contributed by atoms with E-state index in [2.05, 4.69) is 22.3 Å². The second kappa shape index (κ2) is 8.94. The molecular weight excluding hydrogens is 364 g/mol. The van der Waals surface area contributed by atoms with Crippen LogP contribution in [-0.4, -0.2) is 45.5 Å². The van der Waals surface area contributed by atoms with Gasteiger partial charge in [0.15, 0.2) is 0 Å². The van der Waals surface area contributed by atoms with Crippen molar-refractivity contribution in [1.82, 2.24) is 14.8 Å². The van der Waals surface area contributed by atoms with E-state index in [0.29, 0.717) is 36.2 Å². The van der Waals surface area contributed by atoms with E-state index in [1.165, 1.54) is 6.33 Å². The smallest absolute Gasteiger partial charge is 0.338 e. The lowest BCUT2D eigenvalue weighted by Gasteiger charge is -2.29. The minimum Gasteiger partial charge on any atom is -0.494 e. The molecule has 0 amide bonds. The van der Waals surface area contributed by atoms with Crippen molar-refractivity contribution in [3.63, 3.8) is 0 Å². The minimum atomic E-state index is -0.460. The highest BCUT2D eigenvalue weighted by Gasteiger charge is 2.35. The van der Waals surface area contributed by atoms with Crippen molar-refractivity contribution >= 4 is 23.7 Å². The third-order valence-electron chi connectivity index (χ3n) is 4.19. The summed E-state index contributed by atoms with van der Waals surface area (Å²) >= 11 is 1.74. The van der Waals surface area contributed by atoms with Crippen LogP contribution >= 0.6 is 11.8 Å². The first-order valence-electron chi connectivity index (χ1n) is 9.01. The number of carbonyl (C=O) groups excluding carboxylic acids is 1. The van der Waals surface area contributed by atoms with Crippen molar-refractivity contribution < 1.29 is 14.3 Å². The SMILES string of the molecule is CCOc1ccccc1[C@@H]1C(C(=O)OCCSCC)=C(C)Nc2ncnn21. The summed E-state index contributed by atoms with van der Waals surface area (Å²) in [6, 6.07) is 7.21. The molecular formula is C19H24N4O3S. The highest BCUT2D eigenvalue weighted by atomic mass is 32.2. The molecule has 0 unspecified atom stereocenters. The molecule has 3 rings (SSSR count). The first-order valence-corrected chi connectivity index (χ1v) is 10.2. The van der Waals surface area contributed by atoms with Gasteiger partial charge in [-0.2, -0.15) is 21.8 Å². The maximum Gasteiger partial charge on any atom is 0.338 e. The fraction of sp³-hybridized carbons (Fsp3) is 0.421. The molecule has 1 aliphatic rings. The van der Waals surface area contributed by atoms with Gasteiger partial charge < -0.3 is 14.8 Å².